The van der Waals surface area contributed by atoms with E-state index < -0.39 is 31.4 Å². The van der Waals surface area contributed by atoms with Gasteiger partial charge < -0.3 is 30.3 Å². The fraction of sp³-hybridized carbons (Fsp3) is 0.375. The second-order valence-corrected chi connectivity index (χ2v) is 5.43. The van der Waals surface area contributed by atoms with Crippen LogP contribution >= 0.6 is 7.60 Å². The van der Waals surface area contributed by atoms with Gasteiger partial charge in [-0.05, 0) is 0 Å². The minimum atomic E-state index is -4.92. The van der Waals surface area contributed by atoms with Crippen LogP contribution in [0.2, 0.25) is 0 Å². The Balaban J connectivity index is 0.00000361. The first kappa shape index (κ1) is 18.8. The van der Waals surface area contributed by atoms with Gasteiger partial charge in [-0.3, -0.25) is 9.36 Å². The third kappa shape index (κ3) is 4.71. The molecule has 1 unspecified atom stereocenters. The van der Waals surface area contributed by atoms with E-state index in [0.717, 1.165) is 12.5 Å². The van der Waals surface area contributed by atoms with Gasteiger partial charge in [-0.2, -0.15) is 0 Å². The first-order chi connectivity index (χ1) is 8.62. The average molecular weight is 357 g/mol. The quantitative estimate of drug-likeness (QED) is 0.303. The molecule has 0 bridgehead atoms. The number of hydrogen-bond acceptors (Lipinski definition) is 5. The normalized spacial score (nSPS) is 14.2. The van der Waals surface area contributed by atoms with Crippen LogP contribution in [0.4, 0.5) is 0 Å². The van der Waals surface area contributed by atoms with Crippen molar-refractivity contribution in [3.63, 3.8) is 0 Å². The fourth-order valence-electron chi connectivity index (χ4n) is 1.38. The Bertz CT molecular complexity index is 542. The second-order valence-electron chi connectivity index (χ2n) is 3.76. The van der Waals surface area contributed by atoms with Crippen molar-refractivity contribution in [1.82, 2.24) is 9.55 Å². The molecule has 1 radical (unpaired) electrons. The summed E-state index contributed by atoms with van der Waals surface area (Å²) >= 11 is 0. The van der Waals surface area contributed by atoms with Crippen LogP contribution in [0.5, 0.6) is 0 Å². The predicted octanol–water partition coefficient (Wildman–Crippen LogP) is -1.40. The van der Waals surface area contributed by atoms with Crippen molar-refractivity contribution in [3.05, 3.63) is 18.2 Å². The van der Waals surface area contributed by atoms with E-state index in [2.05, 4.69) is 4.98 Å². The van der Waals surface area contributed by atoms with E-state index in [-0.39, 0.29) is 29.2 Å². The zero-order valence-electron chi connectivity index (χ0n) is 9.75. The van der Waals surface area contributed by atoms with Crippen LogP contribution in [0.3, 0.4) is 0 Å². The van der Waals surface area contributed by atoms with Crippen LogP contribution in [0, 0.1) is 0 Å². The molecule has 10 nitrogen and oxygen atoms in total. The molecule has 0 aliphatic rings. The summed E-state index contributed by atoms with van der Waals surface area (Å²) in [5.41, 5.74) is 5.38. The van der Waals surface area contributed by atoms with Crippen molar-refractivity contribution < 1.29 is 51.2 Å². The van der Waals surface area contributed by atoms with E-state index in [4.69, 9.17) is 25.7 Å². The molecular weight excluding hydrogens is 345 g/mol. The summed E-state index contributed by atoms with van der Waals surface area (Å²) in [7, 11) is -4.92. The van der Waals surface area contributed by atoms with Crippen molar-refractivity contribution in [1.29, 1.82) is 0 Å². The Morgan fingerprint density at radius 3 is 2.30 bits per heavy atom. The molecule has 0 amide bonds. The van der Waals surface area contributed by atoms with Crippen molar-refractivity contribution in [2.45, 2.75) is 18.2 Å². The maximum Gasteiger partial charge on any atom is 0.359 e. The van der Waals surface area contributed by atoms with Crippen molar-refractivity contribution in [2.24, 2.45) is 5.73 Å². The van der Waals surface area contributed by atoms with E-state index in [1.807, 2.05) is 0 Å². The number of carbonyl (C=O) groups is 2. The van der Waals surface area contributed by atoms with Gasteiger partial charge in [0.15, 0.2) is 0 Å². The van der Waals surface area contributed by atoms with Crippen LogP contribution in [0.1, 0.15) is 11.5 Å². The monoisotopic (exact) mass is 356 g/mol. The summed E-state index contributed by atoms with van der Waals surface area (Å²) in [5, 5.41) is 17.4. The molecule has 117 valence electrons. The number of nitrogens with two attached hydrogens (primary N) is 1. The Kier molecular flexibility index (Phi) is 6.55. The van der Waals surface area contributed by atoms with Crippen LogP contribution in [0.15, 0.2) is 12.5 Å². The van der Waals surface area contributed by atoms with Gasteiger partial charge in [0.2, 0.25) is 5.78 Å². The van der Waals surface area contributed by atoms with Gasteiger partial charge >= 0.3 is 19.5 Å². The summed E-state index contributed by atoms with van der Waals surface area (Å²) in [5.74, 6) is -5.09. The molecule has 0 aliphatic heterocycles. The van der Waals surface area contributed by atoms with E-state index in [1.54, 1.807) is 0 Å². The molecule has 0 saturated heterocycles. The molecule has 0 fully saturated rings. The van der Waals surface area contributed by atoms with Crippen LogP contribution in [0.25, 0.3) is 0 Å². The Morgan fingerprint density at radius 2 is 1.90 bits per heavy atom. The molecule has 0 spiro atoms. The summed E-state index contributed by atoms with van der Waals surface area (Å²) in [4.78, 5) is 42.9. The third-order valence-electron chi connectivity index (χ3n) is 2.22. The predicted molar refractivity (Wildman–Crippen MR) is 60.3 cm³/mol. The number of imidazole rings is 1. The summed E-state index contributed by atoms with van der Waals surface area (Å²) in [6, 6.07) is -1.23. The standard InChI is InChI=1S/C8H12N3O7P.Cu/c9-5(7(12)13)1-4-2-11(3-10-4)6(8(14)15)19(16,17)18;/h2-3,5-6H,1,9H2,(H,12,13)(H,14,15)(H2,16,17,18);/t5-,6?;/m0./s1. The summed E-state index contributed by atoms with van der Waals surface area (Å²) in [6.07, 6.45) is 1.76. The zero-order chi connectivity index (χ0) is 14.8. The Hall–Kier alpha value is -1.22. The number of carboxylic acids is 2. The summed E-state index contributed by atoms with van der Waals surface area (Å²) < 4.78 is 11.8. The first-order valence-corrected chi connectivity index (χ1v) is 6.60. The SMILES string of the molecule is N[C@@H](Cc1cn(C(C(=O)O)P(=O)(O)O)cn1)C(=O)O.[Cu]. The van der Waals surface area contributed by atoms with Crippen LogP contribution in [-0.2, 0) is 37.6 Å². The van der Waals surface area contributed by atoms with Gasteiger partial charge in [-0.15, -0.1) is 0 Å². The molecule has 12 heteroatoms. The molecule has 20 heavy (non-hydrogen) atoms. The molecule has 1 rings (SSSR count). The molecule has 0 saturated carbocycles. The fourth-order valence-corrected chi connectivity index (χ4v) is 2.14. The summed E-state index contributed by atoms with van der Waals surface area (Å²) in [6.45, 7) is 0. The van der Waals surface area contributed by atoms with Gasteiger partial charge in [0, 0.05) is 29.7 Å². The first-order valence-electron chi connectivity index (χ1n) is 4.91. The molecule has 1 aromatic rings. The van der Waals surface area contributed by atoms with Gasteiger partial charge in [-0.1, -0.05) is 0 Å². The van der Waals surface area contributed by atoms with Gasteiger partial charge in [0.1, 0.15) is 6.04 Å². The van der Waals surface area contributed by atoms with E-state index in [9.17, 15) is 14.2 Å². The zero-order valence-corrected chi connectivity index (χ0v) is 11.6. The van der Waals surface area contributed by atoms with E-state index in [0.29, 0.717) is 4.57 Å². The Morgan fingerprint density at radius 1 is 1.35 bits per heavy atom. The maximum absolute atomic E-state index is 11.1. The molecule has 0 aliphatic carbocycles. The Labute approximate surface area is 123 Å². The van der Waals surface area contributed by atoms with E-state index in [1.165, 1.54) is 0 Å². The van der Waals surface area contributed by atoms with Crippen molar-refractivity contribution in [3.8, 4) is 0 Å². The smallest absolute Gasteiger partial charge is 0.359 e. The second kappa shape index (κ2) is 6.98. The number of aromatic nitrogens is 2. The van der Waals surface area contributed by atoms with Crippen LogP contribution < -0.4 is 5.73 Å². The number of rotatable bonds is 6. The number of nitrogens with zero attached hydrogens (tertiary/aromatic N) is 2. The molecule has 0 aromatic carbocycles. The molecule has 6 N–H and O–H groups in total. The van der Waals surface area contributed by atoms with Crippen molar-refractivity contribution >= 4 is 19.5 Å². The van der Waals surface area contributed by atoms with Crippen LogP contribution in [-0.4, -0.2) is 47.5 Å². The number of aliphatic carboxylic acids is 2. The molecule has 1 aromatic heterocycles. The average Bonchev–Trinajstić information content (AvgIpc) is 2.62. The van der Waals surface area contributed by atoms with Gasteiger partial charge in [0.25, 0.3) is 0 Å². The molecule has 1 heterocycles. The number of hydrogen-bond donors (Lipinski definition) is 5. The van der Waals surface area contributed by atoms with Gasteiger partial charge in [-0.25, -0.2) is 9.78 Å². The molecular formula is C8H12CuN3O7P. The minimum Gasteiger partial charge on any atom is -0.480 e. The molecule has 2 atom stereocenters. The largest absolute Gasteiger partial charge is 0.480 e. The van der Waals surface area contributed by atoms with E-state index >= 15 is 0 Å². The van der Waals surface area contributed by atoms with Crippen molar-refractivity contribution in [2.75, 3.05) is 0 Å². The third-order valence-corrected chi connectivity index (χ3v) is 3.35. The topological polar surface area (TPSA) is 176 Å². The van der Waals surface area contributed by atoms with Gasteiger partial charge in [0.05, 0.1) is 12.0 Å². The minimum absolute atomic E-state index is 0. The number of carboxylic acid groups (broad SMARTS) is 2. The maximum atomic E-state index is 11.1.